The molecule has 5 nitrogen and oxygen atoms in total. The number of ether oxygens (including phenoxy) is 1. The highest BCUT2D eigenvalue weighted by atomic mass is 16.5. The average Bonchev–Trinajstić information content (AvgIpc) is 2.32. The van der Waals surface area contributed by atoms with Crippen molar-refractivity contribution in [2.75, 3.05) is 18.1 Å². The Kier molecular flexibility index (Phi) is 2.75. The lowest BCUT2D eigenvalue weighted by Gasteiger charge is -2.27. The Bertz CT molecular complexity index is 465. The quantitative estimate of drug-likeness (QED) is 0.730. The number of carbonyl (C=O) groups is 1. The maximum Gasteiger partial charge on any atom is 0.265 e. The molecule has 0 aliphatic carbocycles. The highest BCUT2D eigenvalue weighted by Gasteiger charge is 2.25. The van der Waals surface area contributed by atoms with Crippen molar-refractivity contribution in [3.8, 4) is 11.8 Å². The smallest absolute Gasteiger partial charge is 0.265 e. The summed E-state index contributed by atoms with van der Waals surface area (Å²) in [5.41, 5.74) is 1.23. The van der Waals surface area contributed by atoms with Crippen LogP contribution in [-0.4, -0.2) is 24.2 Å². The van der Waals surface area contributed by atoms with E-state index >= 15 is 0 Å². The van der Waals surface area contributed by atoms with Crippen LogP contribution in [0.15, 0.2) is 18.2 Å². The van der Waals surface area contributed by atoms with Crippen LogP contribution in [0.1, 0.15) is 5.56 Å². The van der Waals surface area contributed by atoms with Gasteiger partial charge in [-0.2, -0.15) is 5.26 Å². The standard InChI is InChI=1S/C11H10N2O3/c12-3-4-13-9-5-8(6-14)1-2-10(9)16-7-11(13)15/h1-2,5,14H,4,6-7H2. The van der Waals surface area contributed by atoms with Gasteiger partial charge in [-0.15, -0.1) is 0 Å². The van der Waals surface area contributed by atoms with Crippen LogP contribution in [0.4, 0.5) is 5.69 Å². The van der Waals surface area contributed by atoms with E-state index in [0.29, 0.717) is 17.0 Å². The number of rotatable bonds is 2. The van der Waals surface area contributed by atoms with Gasteiger partial charge >= 0.3 is 0 Å². The number of amides is 1. The summed E-state index contributed by atoms with van der Waals surface area (Å²) >= 11 is 0. The van der Waals surface area contributed by atoms with Crippen molar-refractivity contribution in [3.05, 3.63) is 23.8 Å². The molecule has 0 bridgehead atoms. The zero-order valence-corrected chi connectivity index (χ0v) is 8.51. The van der Waals surface area contributed by atoms with E-state index in [4.69, 9.17) is 15.1 Å². The second-order valence-corrected chi connectivity index (χ2v) is 3.39. The minimum Gasteiger partial charge on any atom is -0.482 e. The van der Waals surface area contributed by atoms with Crippen molar-refractivity contribution in [2.24, 2.45) is 0 Å². The van der Waals surface area contributed by atoms with Crippen molar-refractivity contribution in [3.63, 3.8) is 0 Å². The van der Waals surface area contributed by atoms with Gasteiger partial charge in [0.25, 0.3) is 5.91 Å². The number of hydrogen-bond acceptors (Lipinski definition) is 4. The lowest BCUT2D eigenvalue weighted by molar-refractivity contribution is -0.121. The fraction of sp³-hybridized carbons (Fsp3) is 0.273. The minimum absolute atomic E-state index is 0.00985. The molecule has 0 fully saturated rings. The van der Waals surface area contributed by atoms with E-state index in [-0.39, 0.29) is 25.7 Å². The van der Waals surface area contributed by atoms with Gasteiger partial charge in [0.2, 0.25) is 0 Å². The van der Waals surface area contributed by atoms with Crippen LogP contribution < -0.4 is 9.64 Å². The second-order valence-electron chi connectivity index (χ2n) is 3.39. The molecule has 1 amide bonds. The fourth-order valence-electron chi connectivity index (χ4n) is 1.59. The normalized spacial score (nSPS) is 14.0. The van der Waals surface area contributed by atoms with Gasteiger partial charge in [0, 0.05) is 0 Å². The van der Waals surface area contributed by atoms with Gasteiger partial charge in [0.05, 0.1) is 18.4 Å². The van der Waals surface area contributed by atoms with E-state index in [9.17, 15) is 4.79 Å². The first kappa shape index (κ1) is 10.5. The Hall–Kier alpha value is -2.06. The highest BCUT2D eigenvalue weighted by Crippen LogP contribution is 2.32. The number of aliphatic hydroxyl groups excluding tert-OH is 1. The third-order valence-corrected chi connectivity index (χ3v) is 2.38. The largest absolute Gasteiger partial charge is 0.482 e. The SMILES string of the molecule is N#CCN1C(=O)COc2ccc(CO)cc21. The summed E-state index contributed by atoms with van der Waals surface area (Å²) in [6, 6.07) is 7.00. The molecule has 2 rings (SSSR count). The van der Waals surface area contributed by atoms with Crippen LogP contribution in [0.3, 0.4) is 0 Å². The molecule has 1 aromatic rings. The molecule has 1 aliphatic heterocycles. The summed E-state index contributed by atoms with van der Waals surface area (Å²) < 4.78 is 5.23. The van der Waals surface area contributed by atoms with Gasteiger partial charge in [-0.05, 0) is 17.7 Å². The predicted molar refractivity (Wildman–Crippen MR) is 55.8 cm³/mol. The van der Waals surface area contributed by atoms with Crippen LogP contribution in [0.25, 0.3) is 0 Å². The predicted octanol–water partition coefficient (Wildman–Crippen LogP) is 0.428. The van der Waals surface area contributed by atoms with Gasteiger partial charge in [-0.3, -0.25) is 9.69 Å². The lowest BCUT2D eigenvalue weighted by Crippen LogP contribution is -2.39. The number of nitrogens with zero attached hydrogens (tertiary/aromatic N) is 2. The number of hydrogen-bond donors (Lipinski definition) is 1. The number of benzene rings is 1. The third kappa shape index (κ3) is 1.71. The molecule has 0 saturated heterocycles. The number of anilines is 1. The molecule has 1 N–H and O–H groups in total. The topological polar surface area (TPSA) is 73.6 Å². The zero-order valence-electron chi connectivity index (χ0n) is 8.51. The second kappa shape index (κ2) is 4.21. The molecule has 0 atom stereocenters. The first-order valence-corrected chi connectivity index (χ1v) is 4.80. The van der Waals surface area contributed by atoms with Gasteiger partial charge < -0.3 is 9.84 Å². The van der Waals surface area contributed by atoms with Crippen LogP contribution in [-0.2, 0) is 11.4 Å². The molecule has 16 heavy (non-hydrogen) atoms. The number of nitriles is 1. The summed E-state index contributed by atoms with van der Waals surface area (Å²) in [6.45, 7) is -0.168. The van der Waals surface area contributed by atoms with Crippen LogP contribution in [0, 0.1) is 11.3 Å². The first-order chi connectivity index (χ1) is 7.76. The molecule has 1 aromatic carbocycles. The van der Waals surface area contributed by atoms with Gasteiger partial charge in [0.15, 0.2) is 6.61 Å². The maximum absolute atomic E-state index is 11.5. The van der Waals surface area contributed by atoms with Crippen LogP contribution in [0.2, 0.25) is 0 Å². The lowest BCUT2D eigenvalue weighted by atomic mass is 10.1. The molecule has 0 radical (unpaired) electrons. The summed E-state index contributed by atoms with van der Waals surface area (Å²) in [7, 11) is 0. The van der Waals surface area contributed by atoms with Gasteiger partial charge in [-0.1, -0.05) is 6.07 Å². The van der Waals surface area contributed by atoms with Crippen molar-refractivity contribution in [1.29, 1.82) is 5.26 Å². The Balaban J connectivity index is 2.44. The molecule has 0 unspecified atom stereocenters. The van der Waals surface area contributed by atoms with Crippen LogP contribution in [0.5, 0.6) is 5.75 Å². The monoisotopic (exact) mass is 218 g/mol. The number of fused-ring (bicyclic) bond motifs is 1. The molecule has 1 aliphatic rings. The van der Waals surface area contributed by atoms with Gasteiger partial charge in [-0.25, -0.2) is 0 Å². The van der Waals surface area contributed by atoms with E-state index in [0.717, 1.165) is 0 Å². The third-order valence-electron chi connectivity index (χ3n) is 2.38. The molecular weight excluding hydrogens is 208 g/mol. The van der Waals surface area contributed by atoms with Crippen molar-refractivity contribution < 1.29 is 14.6 Å². The molecule has 5 heteroatoms. The average molecular weight is 218 g/mol. The zero-order chi connectivity index (χ0) is 11.5. The summed E-state index contributed by atoms with van der Waals surface area (Å²) in [5, 5.41) is 17.7. The Morgan fingerprint density at radius 2 is 2.38 bits per heavy atom. The molecule has 1 heterocycles. The molecular formula is C11H10N2O3. The van der Waals surface area contributed by atoms with E-state index < -0.39 is 0 Å². The van der Waals surface area contributed by atoms with E-state index in [1.54, 1.807) is 18.2 Å². The van der Waals surface area contributed by atoms with Crippen molar-refractivity contribution in [2.45, 2.75) is 6.61 Å². The Morgan fingerprint density at radius 3 is 3.06 bits per heavy atom. The van der Waals surface area contributed by atoms with Crippen molar-refractivity contribution >= 4 is 11.6 Å². The van der Waals surface area contributed by atoms with Gasteiger partial charge in [0.1, 0.15) is 12.3 Å². The summed E-state index contributed by atoms with van der Waals surface area (Å²) in [4.78, 5) is 12.9. The number of carbonyl (C=O) groups excluding carboxylic acids is 1. The Labute approximate surface area is 92.5 Å². The maximum atomic E-state index is 11.5. The summed E-state index contributed by atoms with van der Waals surface area (Å²) in [5.74, 6) is 0.316. The minimum atomic E-state index is -0.246. The van der Waals surface area contributed by atoms with E-state index in [2.05, 4.69) is 0 Å². The number of aliphatic hydroxyl groups is 1. The Morgan fingerprint density at radius 1 is 1.56 bits per heavy atom. The molecule has 0 spiro atoms. The first-order valence-electron chi connectivity index (χ1n) is 4.80. The van der Waals surface area contributed by atoms with Crippen LogP contribution >= 0.6 is 0 Å². The van der Waals surface area contributed by atoms with Crippen molar-refractivity contribution in [1.82, 2.24) is 0 Å². The highest BCUT2D eigenvalue weighted by molar-refractivity contribution is 5.98. The van der Waals surface area contributed by atoms with E-state index in [1.165, 1.54) is 4.90 Å². The summed E-state index contributed by atoms with van der Waals surface area (Å²) in [6.07, 6.45) is 0. The fourth-order valence-corrected chi connectivity index (χ4v) is 1.59. The molecule has 0 saturated carbocycles. The molecule has 82 valence electrons. The molecule has 0 aromatic heterocycles. The van der Waals surface area contributed by atoms with E-state index in [1.807, 2.05) is 6.07 Å².